The van der Waals surface area contributed by atoms with Gasteiger partial charge in [-0.3, -0.25) is 0 Å². The molecule has 0 aliphatic carbocycles. The lowest BCUT2D eigenvalue weighted by molar-refractivity contribution is 0.0639. The van der Waals surface area contributed by atoms with Crippen molar-refractivity contribution in [2.45, 2.75) is 6.42 Å². The first kappa shape index (κ1) is 14.6. The van der Waals surface area contributed by atoms with Crippen LogP contribution in [-0.2, 0) is 9.47 Å². The Morgan fingerprint density at radius 3 is 2.83 bits per heavy atom. The molecule has 0 aliphatic heterocycles. The molecule has 6 nitrogen and oxygen atoms in total. The van der Waals surface area contributed by atoms with Gasteiger partial charge in [0.1, 0.15) is 0 Å². The number of aromatic nitrogens is 2. The number of nitrogens with one attached hydrogen (secondary N) is 1. The number of nitrogens with zero attached hydrogens (tertiary/aromatic N) is 2. The molecule has 0 bridgehead atoms. The van der Waals surface area contributed by atoms with Gasteiger partial charge in [-0.05, 0) is 0 Å². The number of ether oxygens (including phenoxy) is 3. The van der Waals surface area contributed by atoms with Crippen LogP contribution in [0.4, 0.5) is 10.3 Å². The Labute approximate surface area is 105 Å². The smallest absolute Gasteiger partial charge is 0.255 e. The molecule has 0 fully saturated rings. The van der Waals surface area contributed by atoms with E-state index in [9.17, 15) is 4.39 Å². The van der Waals surface area contributed by atoms with E-state index in [2.05, 4.69) is 15.3 Å². The summed E-state index contributed by atoms with van der Waals surface area (Å²) in [5, 5.41) is 2.71. The van der Waals surface area contributed by atoms with E-state index < -0.39 is 5.82 Å². The summed E-state index contributed by atoms with van der Waals surface area (Å²) in [6.45, 7) is 1.98. The van der Waals surface area contributed by atoms with Crippen molar-refractivity contribution in [3.63, 3.8) is 0 Å². The van der Waals surface area contributed by atoms with Crippen molar-refractivity contribution in [3.8, 4) is 5.88 Å². The highest BCUT2D eigenvalue weighted by Gasteiger charge is 2.07. The molecule has 102 valence electrons. The molecule has 18 heavy (non-hydrogen) atoms. The SMILES string of the molecule is CNc1ncc(F)c(OCCCOCCOC)n1. The molecule has 0 spiro atoms. The van der Waals surface area contributed by atoms with Crippen molar-refractivity contribution in [1.29, 1.82) is 0 Å². The van der Waals surface area contributed by atoms with Crippen LogP contribution in [0.2, 0.25) is 0 Å². The molecule has 0 saturated carbocycles. The maximum atomic E-state index is 13.3. The minimum Gasteiger partial charge on any atom is -0.475 e. The van der Waals surface area contributed by atoms with Gasteiger partial charge < -0.3 is 19.5 Å². The fourth-order valence-corrected chi connectivity index (χ4v) is 1.15. The number of rotatable bonds is 9. The summed E-state index contributed by atoms with van der Waals surface area (Å²) in [4.78, 5) is 7.58. The lowest BCUT2D eigenvalue weighted by atomic mass is 10.5. The van der Waals surface area contributed by atoms with Gasteiger partial charge in [-0.15, -0.1) is 0 Å². The van der Waals surface area contributed by atoms with E-state index in [4.69, 9.17) is 14.2 Å². The Bertz CT molecular complexity index is 352. The van der Waals surface area contributed by atoms with Gasteiger partial charge in [0.15, 0.2) is 0 Å². The summed E-state index contributed by atoms with van der Waals surface area (Å²) in [5.41, 5.74) is 0. The van der Waals surface area contributed by atoms with Gasteiger partial charge in [-0.2, -0.15) is 9.37 Å². The Balaban J connectivity index is 2.22. The quantitative estimate of drug-likeness (QED) is 0.670. The minimum absolute atomic E-state index is 0.0498. The summed E-state index contributed by atoms with van der Waals surface area (Å²) in [6.07, 6.45) is 1.73. The third-order valence-corrected chi connectivity index (χ3v) is 2.04. The van der Waals surface area contributed by atoms with E-state index in [1.165, 1.54) is 0 Å². The van der Waals surface area contributed by atoms with Crippen LogP contribution in [0.15, 0.2) is 6.20 Å². The summed E-state index contributed by atoms with van der Waals surface area (Å²) < 4.78 is 28.5. The van der Waals surface area contributed by atoms with Crippen LogP contribution < -0.4 is 10.1 Å². The van der Waals surface area contributed by atoms with E-state index in [1.54, 1.807) is 14.2 Å². The normalized spacial score (nSPS) is 10.4. The first-order valence-electron chi connectivity index (χ1n) is 5.67. The standard InChI is InChI=1S/C11H18FN3O3/c1-13-11-14-8-9(12)10(15-11)18-5-3-4-17-7-6-16-2/h8H,3-7H2,1-2H3,(H,13,14,15). The number of hydrogen-bond donors (Lipinski definition) is 1. The fourth-order valence-electron chi connectivity index (χ4n) is 1.15. The zero-order valence-electron chi connectivity index (χ0n) is 10.6. The Kier molecular flexibility index (Phi) is 6.97. The molecule has 1 N–H and O–H groups in total. The average molecular weight is 259 g/mol. The zero-order valence-corrected chi connectivity index (χ0v) is 10.6. The van der Waals surface area contributed by atoms with Crippen molar-refractivity contribution in [3.05, 3.63) is 12.0 Å². The molecule has 0 unspecified atom stereocenters. The van der Waals surface area contributed by atoms with Crippen LogP contribution in [0.25, 0.3) is 0 Å². The van der Waals surface area contributed by atoms with Gasteiger partial charge in [-0.25, -0.2) is 4.98 Å². The molecular formula is C11H18FN3O3. The molecule has 0 aliphatic rings. The fraction of sp³-hybridized carbons (Fsp3) is 0.636. The van der Waals surface area contributed by atoms with Crippen molar-refractivity contribution >= 4 is 5.95 Å². The maximum absolute atomic E-state index is 13.3. The topological polar surface area (TPSA) is 65.5 Å². The highest BCUT2D eigenvalue weighted by Crippen LogP contribution is 2.14. The molecule has 1 rings (SSSR count). The van der Waals surface area contributed by atoms with E-state index in [-0.39, 0.29) is 5.88 Å². The minimum atomic E-state index is -0.575. The summed E-state index contributed by atoms with van der Waals surface area (Å²) in [7, 11) is 3.27. The lowest BCUT2D eigenvalue weighted by Crippen LogP contribution is -2.08. The van der Waals surface area contributed by atoms with E-state index in [1.807, 2.05) is 0 Å². The third kappa shape index (κ3) is 5.24. The first-order valence-corrected chi connectivity index (χ1v) is 5.67. The maximum Gasteiger partial charge on any atom is 0.255 e. The second-order valence-corrected chi connectivity index (χ2v) is 3.40. The average Bonchev–Trinajstić information content (AvgIpc) is 2.39. The van der Waals surface area contributed by atoms with Crippen LogP contribution >= 0.6 is 0 Å². The highest BCUT2D eigenvalue weighted by molar-refractivity contribution is 5.27. The van der Waals surface area contributed by atoms with Crippen LogP contribution in [0.1, 0.15) is 6.42 Å². The second-order valence-electron chi connectivity index (χ2n) is 3.40. The summed E-state index contributed by atoms with van der Waals surface area (Å²) in [5.74, 6) is -0.303. The van der Waals surface area contributed by atoms with E-state index >= 15 is 0 Å². The van der Waals surface area contributed by atoms with Gasteiger partial charge >= 0.3 is 0 Å². The number of methoxy groups -OCH3 is 1. The monoisotopic (exact) mass is 259 g/mol. The Hall–Kier alpha value is -1.47. The highest BCUT2D eigenvalue weighted by atomic mass is 19.1. The molecule has 1 heterocycles. The Morgan fingerprint density at radius 2 is 2.11 bits per heavy atom. The van der Waals surface area contributed by atoms with E-state index in [0.717, 1.165) is 6.20 Å². The molecule has 7 heteroatoms. The molecule has 0 amide bonds. The van der Waals surface area contributed by atoms with Gasteiger partial charge in [-0.1, -0.05) is 0 Å². The van der Waals surface area contributed by atoms with Crippen molar-refractivity contribution < 1.29 is 18.6 Å². The molecule has 0 saturated heterocycles. The summed E-state index contributed by atoms with van der Waals surface area (Å²) in [6, 6.07) is 0. The number of halogens is 1. The third-order valence-electron chi connectivity index (χ3n) is 2.04. The zero-order chi connectivity index (χ0) is 13.2. The van der Waals surface area contributed by atoms with Crippen LogP contribution in [-0.4, -0.2) is 50.6 Å². The number of anilines is 1. The number of hydrogen-bond acceptors (Lipinski definition) is 6. The molecule has 1 aromatic rings. The van der Waals surface area contributed by atoms with Gasteiger partial charge in [0.2, 0.25) is 11.8 Å². The lowest BCUT2D eigenvalue weighted by Gasteiger charge is -2.07. The second kappa shape index (κ2) is 8.60. The van der Waals surface area contributed by atoms with Gasteiger partial charge in [0.25, 0.3) is 5.88 Å². The van der Waals surface area contributed by atoms with Crippen molar-refractivity contribution in [1.82, 2.24) is 9.97 Å². The van der Waals surface area contributed by atoms with Crippen LogP contribution in [0.5, 0.6) is 5.88 Å². The van der Waals surface area contributed by atoms with Crippen molar-refractivity contribution in [2.75, 3.05) is 45.9 Å². The molecular weight excluding hydrogens is 241 g/mol. The predicted molar refractivity (Wildman–Crippen MR) is 64.3 cm³/mol. The largest absolute Gasteiger partial charge is 0.475 e. The summed E-state index contributed by atoms with van der Waals surface area (Å²) >= 11 is 0. The van der Waals surface area contributed by atoms with Gasteiger partial charge in [0.05, 0.1) is 26.0 Å². The van der Waals surface area contributed by atoms with E-state index in [0.29, 0.717) is 38.8 Å². The van der Waals surface area contributed by atoms with Gasteiger partial charge in [0, 0.05) is 27.2 Å². The molecule has 1 aromatic heterocycles. The molecule has 0 radical (unpaired) electrons. The first-order chi connectivity index (χ1) is 8.77. The van der Waals surface area contributed by atoms with Crippen molar-refractivity contribution in [2.24, 2.45) is 0 Å². The van der Waals surface area contributed by atoms with Crippen LogP contribution in [0, 0.1) is 5.82 Å². The van der Waals surface area contributed by atoms with Crippen LogP contribution in [0.3, 0.4) is 0 Å². The predicted octanol–water partition coefficient (Wildman–Crippen LogP) is 1.09. The molecule has 0 atom stereocenters. The molecule has 0 aromatic carbocycles. The Morgan fingerprint density at radius 1 is 1.28 bits per heavy atom.